The maximum Gasteiger partial charge on any atom is 0.221 e. The molecule has 0 aromatic carbocycles. The molecule has 2 N–H and O–H groups in total. The van der Waals surface area contributed by atoms with Crippen LogP contribution in [0.3, 0.4) is 0 Å². The van der Waals surface area contributed by atoms with Gasteiger partial charge in [-0.15, -0.1) is 0 Å². The number of sulfonamides is 1. The minimum atomic E-state index is -3.17. The Labute approximate surface area is 85.3 Å². The average Bonchev–Trinajstić information content (AvgIpc) is 2.02. The highest BCUT2D eigenvalue weighted by molar-refractivity contribution is 7.89. The standard InChI is InChI=1S/C8H18N2O3S/c1-4-14(12,13)9-6-5-8(11)10-7(2)3/h7,9H,4-6H2,1-3H3,(H,10,11). The predicted octanol–water partition coefficient (Wildman–Crippen LogP) is -0.160. The third-order valence-electron chi connectivity index (χ3n) is 1.50. The van der Waals surface area contributed by atoms with Gasteiger partial charge in [0, 0.05) is 19.0 Å². The van der Waals surface area contributed by atoms with Crippen molar-refractivity contribution in [2.75, 3.05) is 12.3 Å². The molecule has 0 radical (unpaired) electrons. The zero-order chi connectivity index (χ0) is 11.2. The molecule has 0 saturated carbocycles. The number of hydrogen-bond acceptors (Lipinski definition) is 3. The molecule has 84 valence electrons. The van der Waals surface area contributed by atoms with E-state index in [0.29, 0.717) is 0 Å². The molecule has 0 saturated heterocycles. The van der Waals surface area contributed by atoms with Gasteiger partial charge < -0.3 is 5.32 Å². The summed E-state index contributed by atoms with van der Waals surface area (Å²) in [7, 11) is -3.17. The third-order valence-corrected chi connectivity index (χ3v) is 2.91. The molecule has 14 heavy (non-hydrogen) atoms. The zero-order valence-corrected chi connectivity index (χ0v) is 9.65. The lowest BCUT2D eigenvalue weighted by atomic mass is 10.3. The highest BCUT2D eigenvalue weighted by Crippen LogP contribution is 1.86. The second kappa shape index (κ2) is 5.98. The van der Waals surface area contributed by atoms with E-state index in [9.17, 15) is 13.2 Å². The van der Waals surface area contributed by atoms with Crippen molar-refractivity contribution < 1.29 is 13.2 Å². The topological polar surface area (TPSA) is 75.3 Å². The lowest BCUT2D eigenvalue weighted by Crippen LogP contribution is -2.34. The Hall–Kier alpha value is -0.620. The van der Waals surface area contributed by atoms with Gasteiger partial charge in [-0.2, -0.15) is 0 Å². The minimum Gasteiger partial charge on any atom is -0.354 e. The second-order valence-corrected chi connectivity index (χ2v) is 5.37. The van der Waals surface area contributed by atoms with Crippen LogP contribution < -0.4 is 10.0 Å². The van der Waals surface area contributed by atoms with Crippen molar-refractivity contribution in [2.45, 2.75) is 33.2 Å². The molecule has 0 bridgehead atoms. The largest absolute Gasteiger partial charge is 0.354 e. The van der Waals surface area contributed by atoms with E-state index in [2.05, 4.69) is 10.0 Å². The van der Waals surface area contributed by atoms with Gasteiger partial charge in [-0.05, 0) is 20.8 Å². The Morgan fingerprint density at radius 3 is 2.36 bits per heavy atom. The summed E-state index contributed by atoms with van der Waals surface area (Å²) in [4.78, 5) is 11.1. The van der Waals surface area contributed by atoms with Crippen LogP contribution in [0.1, 0.15) is 27.2 Å². The van der Waals surface area contributed by atoms with Gasteiger partial charge in [-0.1, -0.05) is 0 Å². The van der Waals surface area contributed by atoms with Crippen LogP contribution in [0.5, 0.6) is 0 Å². The summed E-state index contributed by atoms with van der Waals surface area (Å²) in [5.41, 5.74) is 0. The molecule has 0 aliphatic carbocycles. The maximum absolute atomic E-state index is 11.1. The number of carbonyl (C=O) groups is 1. The third kappa shape index (κ3) is 6.85. The molecular weight excluding hydrogens is 204 g/mol. The summed E-state index contributed by atoms with van der Waals surface area (Å²) in [5.74, 6) is -0.0995. The Morgan fingerprint density at radius 1 is 1.36 bits per heavy atom. The van der Waals surface area contributed by atoms with E-state index < -0.39 is 10.0 Å². The van der Waals surface area contributed by atoms with Gasteiger partial charge in [0.05, 0.1) is 5.75 Å². The molecule has 0 unspecified atom stereocenters. The van der Waals surface area contributed by atoms with E-state index in [4.69, 9.17) is 0 Å². The van der Waals surface area contributed by atoms with Crippen molar-refractivity contribution >= 4 is 15.9 Å². The molecule has 0 aliphatic rings. The molecule has 0 atom stereocenters. The van der Waals surface area contributed by atoms with Gasteiger partial charge in [0.25, 0.3) is 0 Å². The highest BCUT2D eigenvalue weighted by Gasteiger charge is 2.07. The second-order valence-electron chi connectivity index (χ2n) is 3.27. The number of carbonyl (C=O) groups excluding carboxylic acids is 1. The van der Waals surface area contributed by atoms with Gasteiger partial charge in [0.1, 0.15) is 0 Å². The first-order valence-electron chi connectivity index (χ1n) is 4.64. The Kier molecular flexibility index (Phi) is 5.71. The molecular formula is C8H18N2O3S. The van der Waals surface area contributed by atoms with Crippen LogP contribution in [-0.4, -0.2) is 32.7 Å². The summed E-state index contributed by atoms with van der Waals surface area (Å²) in [6.07, 6.45) is 0.178. The van der Waals surface area contributed by atoms with Crippen LogP contribution in [0.2, 0.25) is 0 Å². The van der Waals surface area contributed by atoms with Crippen molar-refractivity contribution in [3.8, 4) is 0 Å². The monoisotopic (exact) mass is 222 g/mol. The minimum absolute atomic E-state index is 0.0405. The summed E-state index contributed by atoms with van der Waals surface area (Å²) in [5, 5.41) is 2.67. The molecule has 0 rings (SSSR count). The van der Waals surface area contributed by atoms with Gasteiger partial charge >= 0.3 is 0 Å². The smallest absolute Gasteiger partial charge is 0.221 e. The lowest BCUT2D eigenvalue weighted by molar-refractivity contribution is -0.121. The van der Waals surface area contributed by atoms with Gasteiger partial charge in [-0.25, -0.2) is 13.1 Å². The Bertz CT molecular complexity index is 272. The zero-order valence-electron chi connectivity index (χ0n) is 8.83. The SMILES string of the molecule is CCS(=O)(=O)NCCC(=O)NC(C)C. The van der Waals surface area contributed by atoms with Crippen LogP contribution in [-0.2, 0) is 14.8 Å². The molecule has 6 heteroatoms. The van der Waals surface area contributed by atoms with E-state index in [0.717, 1.165) is 0 Å². The number of hydrogen-bond donors (Lipinski definition) is 2. The summed E-state index contributed by atoms with van der Waals surface area (Å²) >= 11 is 0. The predicted molar refractivity (Wildman–Crippen MR) is 55.4 cm³/mol. The summed E-state index contributed by atoms with van der Waals surface area (Å²) < 4.78 is 24.2. The first kappa shape index (κ1) is 13.4. The normalized spacial score (nSPS) is 11.7. The van der Waals surface area contributed by atoms with Crippen LogP contribution in [0, 0.1) is 0 Å². The molecule has 1 amide bonds. The van der Waals surface area contributed by atoms with Crippen molar-refractivity contribution in [1.82, 2.24) is 10.0 Å². The summed E-state index contributed by atoms with van der Waals surface area (Å²) in [6.45, 7) is 5.42. The first-order chi connectivity index (χ1) is 6.37. The Morgan fingerprint density at radius 2 is 1.93 bits per heavy atom. The first-order valence-corrected chi connectivity index (χ1v) is 6.29. The fourth-order valence-electron chi connectivity index (χ4n) is 0.816. The van der Waals surface area contributed by atoms with Crippen molar-refractivity contribution in [1.29, 1.82) is 0 Å². The molecule has 0 fully saturated rings. The van der Waals surface area contributed by atoms with Crippen molar-refractivity contribution in [2.24, 2.45) is 0 Å². The summed E-state index contributed by atoms with van der Waals surface area (Å²) in [6, 6.07) is 0.0882. The number of nitrogens with one attached hydrogen (secondary N) is 2. The number of rotatable bonds is 6. The quantitative estimate of drug-likeness (QED) is 0.655. The molecule has 0 spiro atoms. The maximum atomic E-state index is 11.1. The fourth-order valence-corrected chi connectivity index (χ4v) is 1.43. The van der Waals surface area contributed by atoms with Crippen molar-refractivity contribution in [3.63, 3.8) is 0 Å². The molecule has 0 aromatic heterocycles. The Balaban J connectivity index is 3.70. The molecule has 0 heterocycles. The van der Waals surface area contributed by atoms with E-state index in [1.165, 1.54) is 0 Å². The number of amides is 1. The molecule has 0 aromatic rings. The van der Waals surface area contributed by atoms with Crippen LogP contribution in [0.25, 0.3) is 0 Å². The fraction of sp³-hybridized carbons (Fsp3) is 0.875. The van der Waals surface area contributed by atoms with Gasteiger partial charge in [0.15, 0.2) is 0 Å². The van der Waals surface area contributed by atoms with Crippen LogP contribution in [0.4, 0.5) is 0 Å². The van der Waals surface area contributed by atoms with Crippen LogP contribution >= 0.6 is 0 Å². The van der Waals surface area contributed by atoms with E-state index in [1.54, 1.807) is 6.92 Å². The highest BCUT2D eigenvalue weighted by atomic mass is 32.2. The average molecular weight is 222 g/mol. The van der Waals surface area contributed by atoms with E-state index in [1.807, 2.05) is 13.8 Å². The van der Waals surface area contributed by atoms with Gasteiger partial charge in [-0.3, -0.25) is 4.79 Å². The van der Waals surface area contributed by atoms with Crippen molar-refractivity contribution in [3.05, 3.63) is 0 Å². The molecule has 5 nitrogen and oxygen atoms in total. The van der Waals surface area contributed by atoms with Crippen LogP contribution in [0.15, 0.2) is 0 Å². The van der Waals surface area contributed by atoms with E-state index in [-0.39, 0.29) is 30.7 Å². The molecule has 0 aliphatic heterocycles. The van der Waals surface area contributed by atoms with E-state index >= 15 is 0 Å². The van der Waals surface area contributed by atoms with Gasteiger partial charge in [0.2, 0.25) is 15.9 Å². The lowest BCUT2D eigenvalue weighted by Gasteiger charge is -2.08.